The molecular weight excluding hydrogens is 413 g/mol. The molecule has 1 aromatic carbocycles. The Kier molecular flexibility index (Phi) is 6.05. The molecule has 0 radical (unpaired) electrons. The summed E-state index contributed by atoms with van der Waals surface area (Å²) >= 11 is 18.5. The maximum Gasteiger partial charge on any atom is 0.250 e. The number of hydrogen-bond donors (Lipinski definition) is 2. The van der Waals surface area contributed by atoms with Gasteiger partial charge in [-0.15, -0.1) is 11.3 Å². The summed E-state index contributed by atoms with van der Waals surface area (Å²) in [7, 11) is 0. The van der Waals surface area contributed by atoms with Crippen molar-refractivity contribution in [3.05, 3.63) is 63.8 Å². The minimum Gasteiger partial charge on any atom is -0.457 e. The average molecular weight is 424 g/mol. The summed E-state index contributed by atoms with van der Waals surface area (Å²) in [6.07, 6.45) is 4.50. The number of thiocarbonyl (C=S) groups is 1. The molecule has 0 unspecified atom stereocenters. The van der Waals surface area contributed by atoms with E-state index in [1.54, 1.807) is 41.9 Å². The zero-order valence-corrected chi connectivity index (χ0v) is 16.2. The Hall–Kier alpha value is -2.19. The molecule has 132 valence electrons. The van der Waals surface area contributed by atoms with Gasteiger partial charge in [0.2, 0.25) is 5.91 Å². The first-order valence-electron chi connectivity index (χ1n) is 7.26. The smallest absolute Gasteiger partial charge is 0.250 e. The van der Waals surface area contributed by atoms with Gasteiger partial charge < -0.3 is 9.73 Å². The van der Waals surface area contributed by atoms with Crippen molar-refractivity contribution in [1.29, 1.82) is 0 Å². The van der Waals surface area contributed by atoms with Crippen LogP contribution in [0.2, 0.25) is 10.0 Å². The summed E-state index contributed by atoms with van der Waals surface area (Å²) in [4.78, 5) is 15.9. The Morgan fingerprint density at radius 1 is 1.27 bits per heavy atom. The monoisotopic (exact) mass is 423 g/mol. The van der Waals surface area contributed by atoms with Crippen molar-refractivity contribution in [3.63, 3.8) is 0 Å². The molecule has 9 heteroatoms. The van der Waals surface area contributed by atoms with Crippen LogP contribution in [0.5, 0.6) is 0 Å². The molecular formula is C17H11Cl2N3O2S2. The predicted octanol–water partition coefficient (Wildman–Crippen LogP) is 5.24. The van der Waals surface area contributed by atoms with Crippen LogP contribution in [0.1, 0.15) is 5.76 Å². The highest BCUT2D eigenvalue weighted by Gasteiger charge is 2.09. The number of halogens is 2. The number of carbonyl (C=O) groups excluding carboxylic acids is 1. The van der Waals surface area contributed by atoms with Crippen LogP contribution in [0, 0.1) is 0 Å². The Bertz CT molecular complexity index is 968. The third-order valence-corrected chi connectivity index (χ3v) is 4.55. The number of amides is 1. The van der Waals surface area contributed by atoms with Gasteiger partial charge in [0, 0.05) is 28.2 Å². The van der Waals surface area contributed by atoms with Crippen molar-refractivity contribution in [3.8, 4) is 11.3 Å². The molecule has 5 nitrogen and oxygen atoms in total. The zero-order valence-electron chi connectivity index (χ0n) is 13.0. The average Bonchev–Trinajstić information content (AvgIpc) is 3.24. The van der Waals surface area contributed by atoms with Crippen LogP contribution in [0.25, 0.3) is 17.4 Å². The number of anilines is 1. The highest BCUT2D eigenvalue weighted by Crippen LogP contribution is 2.31. The zero-order chi connectivity index (χ0) is 18.5. The Morgan fingerprint density at radius 3 is 2.85 bits per heavy atom. The van der Waals surface area contributed by atoms with Crippen molar-refractivity contribution in [2.24, 2.45) is 0 Å². The van der Waals surface area contributed by atoms with Gasteiger partial charge in [-0.2, -0.15) is 0 Å². The lowest BCUT2D eigenvalue weighted by atomic mass is 10.2. The van der Waals surface area contributed by atoms with E-state index in [2.05, 4.69) is 15.6 Å². The highest BCUT2D eigenvalue weighted by atomic mass is 35.5. The molecule has 2 heterocycles. The number of hydrogen-bond acceptors (Lipinski definition) is 5. The van der Waals surface area contributed by atoms with Crippen LogP contribution in [-0.4, -0.2) is 16.0 Å². The Balaban J connectivity index is 1.61. The van der Waals surface area contributed by atoms with E-state index in [0.29, 0.717) is 32.3 Å². The molecule has 2 aromatic heterocycles. The first-order valence-corrected chi connectivity index (χ1v) is 9.30. The summed E-state index contributed by atoms with van der Waals surface area (Å²) in [5.41, 5.74) is 0.717. The van der Waals surface area contributed by atoms with Crippen LogP contribution in [0.3, 0.4) is 0 Å². The number of furan rings is 1. The molecule has 2 N–H and O–H groups in total. The fourth-order valence-corrected chi connectivity index (χ4v) is 3.30. The molecule has 0 aliphatic heterocycles. The van der Waals surface area contributed by atoms with Gasteiger partial charge in [-0.1, -0.05) is 23.2 Å². The molecule has 0 spiro atoms. The van der Waals surface area contributed by atoms with Crippen LogP contribution in [0.15, 0.2) is 52.4 Å². The first kappa shape index (κ1) is 18.6. The molecule has 0 aliphatic rings. The van der Waals surface area contributed by atoms with E-state index >= 15 is 0 Å². The van der Waals surface area contributed by atoms with Gasteiger partial charge in [-0.3, -0.25) is 10.1 Å². The number of carbonyl (C=O) groups is 1. The van der Waals surface area contributed by atoms with Crippen molar-refractivity contribution < 1.29 is 9.21 Å². The second kappa shape index (κ2) is 8.46. The van der Waals surface area contributed by atoms with E-state index < -0.39 is 0 Å². The summed E-state index contributed by atoms with van der Waals surface area (Å²) in [6.45, 7) is 0. The molecule has 0 aliphatic carbocycles. The normalized spacial score (nSPS) is 10.8. The van der Waals surface area contributed by atoms with Gasteiger partial charge in [-0.25, -0.2) is 4.98 Å². The quantitative estimate of drug-likeness (QED) is 0.443. The van der Waals surface area contributed by atoms with E-state index in [1.165, 1.54) is 23.5 Å². The molecule has 0 atom stereocenters. The van der Waals surface area contributed by atoms with E-state index in [4.69, 9.17) is 39.8 Å². The maximum absolute atomic E-state index is 11.9. The van der Waals surface area contributed by atoms with Crippen LogP contribution in [-0.2, 0) is 4.79 Å². The van der Waals surface area contributed by atoms with Crippen LogP contribution < -0.4 is 10.6 Å². The van der Waals surface area contributed by atoms with Crippen molar-refractivity contribution >= 4 is 69.0 Å². The minimum absolute atomic E-state index is 0.169. The van der Waals surface area contributed by atoms with Gasteiger partial charge in [0.25, 0.3) is 0 Å². The fraction of sp³-hybridized carbons (Fsp3) is 0. The largest absolute Gasteiger partial charge is 0.457 e. The lowest BCUT2D eigenvalue weighted by Gasteiger charge is -2.04. The lowest BCUT2D eigenvalue weighted by molar-refractivity contribution is -0.115. The van der Waals surface area contributed by atoms with Gasteiger partial charge in [0.05, 0.1) is 5.02 Å². The number of thiazole rings is 1. The summed E-state index contributed by atoms with van der Waals surface area (Å²) in [5, 5.41) is 8.94. The summed E-state index contributed by atoms with van der Waals surface area (Å²) in [5.74, 6) is 0.689. The summed E-state index contributed by atoms with van der Waals surface area (Å²) < 4.78 is 5.68. The van der Waals surface area contributed by atoms with E-state index in [1.807, 2.05) is 0 Å². The molecule has 26 heavy (non-hydrogen) atoms. The van der Waals surface area contributed by atoms with Gasteiger partial charge in [0.1, 0.15) is 11.5 Å². The maximum atomic E-state index is 11.9. The second-order valence-corrected chi connectivity index (χ2v) is 7.09. The highest BCUT2D eigenvalue weighted by molar-refractivity contribution is 7.80. The Labute approximate surface area is 168 Å². The van der Waals surface area contributed by atoms with Crippen LogP contribution >= 0.6 is 46.8 Å². The van der Waals surface area contributed by atoms with Crippen molar-refractivity contribution in [2.45, 2.75) is 0 Å². The van der Waals surface area contributed by atoms with Crippen LogP contribution in [0.4, 0.5) is 5.13 Å². The number of nitrogens with zero attached hydrogens (tertiary/aromatic N) is 1. The third kappa shape index (κ3) is 4.92. The molecule has 3 aromatic rings. The standard InChI is InChI=1S/C17H11Cl2N3O2S2/c18-10-1-4-12(13(19)9-10)14-5-2-11(24-14)3-6-15(23)21-16(25)22-17-20-7-8-26-17/h1-9H,(H2,20,21,22,23,25)/b6-3+. The predicted molar refractivity (Wildman–Crippen MR) is 110 cm³/mol. The third-order valence-electron chi connectivity index (χ3n) is 3.11. The van der Waals surface area contributed by atoms with E-state index in [9.17, 15) is 4.79 Å². The minimum atomic E-state index is -0.387. The molecule has 0 bridgehead atoms. The topological polar surface area (TPSA) is 67.2 Å². The Morgan fingerprint density at radius 2 is 2.12 bits per heavy atom. The first-order chi connectivity index (χ1) is 12.5. The number of rotatable bonds is 4. The fourth-order valence-electron chi connectivity index (χ4n) is 2.00. The van der Waals surface area contributed by atoms with Crippen molar-refractivity contribution in [1.82, 2.24) is 10.3 Å². The van der Waals surface area contributed by atoms with Gasteiger partial charge in [0.15, 0.2) is 10.2 Å². The molecule has 0 saturated heterocycles. The molecule has 3 rings (SSSR count). The van der Waals surface area contributed by atoms with Gasteiger partial charge >= 0.3 is 0 Å². The molecule has 0 fully saturated rings. The number of nitrogens with one attached hydrogen (secondary N) is 2. The van der Waals surface area contributed by atoms with E-state index in [-0.39, 0.29) is 11.0 Å². The summed E-state index contributed by atoms with van der Waals surface area (Å²) in [6, 6.07) is 8.63. The molecule has 0 saturated carbocycles. The van der Waals surface area contributed by atoms with E-state index in [0.717, 1.165) is 0 Å². The van der Waals surface area contributed by atoms with Gasteiger partial charge in [-0.05, 0) is 48.6 Å². The van der Waals surface area contributed by atoms with Crippen molar-refractivity contribution in [2.75, 3.05) is 5.32 Å². The SMILES string of the molecule is O=C(/C=C/c1ccc(-c2ccc(Cl)cc2Cl)o1)NC(=S)Nc1nccs1. The number of aromatic nitrogens is 1. The lowest BCUT2D eigenvalue weighted by Crippen LogP contribution is -2.32. The molecule has 1 amide bonds. The number of benzene rings is 1. The second-order valence-electron chi connectivity index (χ2n) is 4.94.